The van der Waals surface area contributed by atoms with Gasteiger partial charge in [-0.25, -0.2) is 0 Å². The Bertz CT molecular complexity index is 712. The molecule has 4 rings (SSSR count). The minimum atomic E-state index is 0.108. The van der Waals surface area contributed by atoms with Crippen molar-refractivity contribution in [2.75, 3.05) is 46.3 Å². The molecule has 2 aliphatic heterocycles. The largest absolute Gasteiger partial charge is 0.329 e. The van der Waals surface area contributed by atoms with Crippen molar-refractivity contribution < 1.29 is 4.79 Å². The maximum Gasteiger partial charge on any atom is 0.237 e. The summed E-state index contributed by atoms with van der Waals surface area (Å²) in [5.74, 6) is 0.278. The van der Waals surface area contributed by atoms with E-state index in [0.717, 1.165) is 45.6 Å². The van der Waals surface area contributed by atoms with Crippen molar-refractivity contribution in [1.29, 1.82) is 0 Å². The summed E-state index contributed by atoms with van der Waals surface area (Å²) in [7, 11) is 2.17. The molecule has 2 aromatic rings. The molecule has 1 atom stereocenters. The molecule has 0 aliphatic carbocycles. The normalized spacial score (nSPS) is 22.6. The van der Waals surface area contributed by atoms with Crippen molar-refractivity contribution in [3.8, 4) is 0 Å². The lowest BCUT2D eigenvalue weighted by atomic mass is 9.98. The van der Waals surface area contributed by atoms with E-state index in [0.29, 0.717) is 6.54 Å². The van der Waals surface area contributed by atoms with Gasteiger partial charge in [-0.1, -0.05) is 6.07 Å². The van der Waals surface area contributed by atoms with E-state index in [9.17, 15) is 4.79 Å². The van der Waals surface area contributed by atoms with Crippen molar-refractivity contribution in [2.45, 2.75) is 18.9 Å². The van der Waals surface area contributed by atoms with Gasteiger partial charge in [0.2, 0.25) is 5.91 Å². The van der Waals surface area contributed by atoms with Gasteiger partial charge in [-0.15, -0.1) is 22.7 Å². The molecule has 0 saturated carbocycles. The maximum absolute atomic E-state index is 13.2. The quantitative estimate of drug-likeness (QED) is 0.825. The third kappa shape index (κ3) is 3.67. The Hall–Kier alpha value is -1.21. The molecular weight excluding hydrogens is 350 g/mol. The number of hydrogen-bond donors (Lipinski definition) is 0. The van der Waals surface area contributed by atoms with Gasteiger partial charge < -0.3 is 9.80 Å². The number of hydrogen-bond acceptors (Lipinski definition) is 5. The Balaban J connectivity index is 1.53. The van der Waals surface area contributed by atoms with Crippen LogP contribution in [0.4, 0.5) is 0 Å². The highest BCUT2D eigenvalue weighted by Crippen LogP contribution is 2.39. The van der Waals surface area contributed by atoms with Gasteiger partial charge in [-0.3, -0.25) is 9.69 Å². The first-order valence-electron chi connectivity index (χ1n) is 9.02. The third-order valence-corrected chi connectivity index (χ3v) is 7.19. The summed E-state index contributed by atoms with van der Waals surface area (Å²) < 4.78 is 0. The lowest BCUT2D eigenvalue weighted by Gasteiger charge is -2.36. The second-order valence-corrected chi connectivity index (χ2v) is 8.97. The molecule has 4 nitrogen and oxygen atoms in total. The number of likely N-dealkylation sites (N-methyl/N-ethyl adjacent to an activating group) is 1. The summed E-state index contributed by atoms with van der Waals surface area (Å²) in [6.07, 6.45) is 2.14. The number of thiophene rings is 2. The first-order valence-corrected chi connectivity index (χ1v) is 10.8. The average molecular weight is 376 g/mol. The number of carbonyl (C=O) groups is 1. The minimum Gasteiger partial charge on any atom is -0.329 e. The van der Waals surface area contributed by atoms with E-state index in [4.69, 9.17) is 0 Å². The summed E-state index contributed by atoms with van der Waals surface area (Å²) in [4.78, 5) is 22.7. The molecular formula is C19H25N3OS2. The molecule has 0 radical (unpaired) electrons. The molecule has 2 aromatic heterocycles. The van der Waals surface area contributed by atoms with Gasteiger partial charge in [-0.2, -0.15) is 0 Å². The zero-order chi connectivity index (χ0) is 17.2. The number of amides is 1. The first kappa shape index (κ1) is 17.2. The van der Waals surface area contributed by atoms with Gasteiger partial charge in [0.05, 0.1) is 12.6 Å². The number of rotatable bonds is 3. The van der Waals surface area contributed by atoms with Crippen LogP contribution in [0.1, 0.15) is 27.8 Å². The Morgan fingerprint density at radius 1 is 1.12 bits per heavy atom. The third-order valence-electron chi connectivity index (χ3n) is 5.27. The van der Waals surface area contributed by atoms with E-state index in [2.05, 4.69) is 50.7 Å². The summed E-state index contributed by atoms with van der Waals surface area (Å²) in [5.41, 5.74) is 1.34. The highest BCUT2D eigenvalue weighted by atomic mass is 32.1. The molecule has 6 heteroatoms. The first-order chi connectivity index (χ1) is 12.2. The van der Waals surface area contributed by atoms with E-state index >= 15 is 0 Å². The fourth-order valence-corrected chi connectivity index (χ4v) is 5.64. The minimum absolute atomic E-state index is 0.108. The summed E-state index contributed by atoms with van der Waals surface area (Å²) >= 11 is 3.59. The van der Waals surface area contributed by atoms with Crippen LogP contribution in [0.25, 0.3) is 0 Å². The average Bonchev–Trinajstić information content (AvgIpc) is 3.26. The van der Waals surface area contributed by atoms with Crippen LogP contribution >= 0.6 is 22.7 Å². The summed E-state index contributed by atoms with van der Waals surface area (Å²) in [6.45, 7) is 5.58. The van der Waals surface area contributed by atoms with Gasteiger partial charge in [0.25, 0.3) is 0 Å². The molecule has 0 N–H and O–H groups in total. The molecule has 134 valence electrons. The second-order valence-electron chi connectivity index (χ2n) is 6.99. The molecule has 0 aromatic carbocycles. The monoisotopic (exact) mass is 375 g/mol. The van der Waals surface area contributed by atoms with Gasteiger partial charge in [-0.05, 0) is 61.4 Å². The number of nitrogens with zero attached hydrogens (tertiary/aromatic N) is 3. The summed E-state index contributed by atoms with van der Waals surface area (Å²) in [5, 5.41) is 4.28. The second kappa shape index (κ2) is 7.58. The van der Waals surface area contributed by atoms with E-state index in [1.807, 2.05) is 11.3 Å². The van der Waals surface area contributed by atoms with Crippen LogP contribution in [0.2, 0.25) is 0 Å². The van der Waals surface area contributed by atoms with Crippen molar-refractivity contribution in [3.05, 3.63) is 44.3 Å². The highest BCUT2D eigenvalue weighted by Gasteiger charge is 2.33. The zero-order valence-electron chi connectivity index (χ0n) is 14.7. The van der Waals surface area contributed by atoms with E-state index in [-0.39, 0.29) is 11.9 Å². The van der Waals surface area contributed by atoms with Crippen LogP contribution in [-0.2, 0) is 11.2 Å². The predicted molar refractivity (Wildman–Crippen MR) is 104 cm³/mol. The van der Waals surface area contributed by atoms with Crippen molar-refractivity contribution in [1.82, 2.24) is 14.7 Å². The zero-order valence-corrected chi connectivity index (χ0v) is 16.3. The topological polar surface area (TPSA) is 26.8 Å². The molecule has 1 amide bonds. The Kier molecular flexibility index (Phi) is 5.22. The van der Waals surface area contributed by atoms with Gasteiger partial charge in [0.15, 0.2) is 0 Å². The summed E-state index contributed by atoms with van der Waals surface area (Å²) in [6, 6.07) is 6.58. The standard InChI is InChI=1S/C19H25N3OS2/c1-20-7-3-8-21(11-10-20)14-18(23)22-9-5-16-15(6-13-25-16)19(22)17-4-2-12-24-17/h2,4,6,12-13,19H,3,5,7-11,14H2,1H3/t19-/m1/s1. The Morgan fingerprint density at radius 3 is 2.88 bits per heavy atom. The molecule has 1 fully saturated rings. The van der Waals surface area contributed by atoms with Gasteiger partial charge >= 0.3 is 0 Å². The van der Waals surface area contributed by atoms with Crippen LogP contribution in [0.5, 0.6) is 0 Å². The smallest absolute Gasteiger partial charge is 0.237 e. The molecule has 0 spiro atoms. The van der Waals surface area contributed by atoms with Crippen molar-refractivity contribution in [2.24, 2.45) is 0 Å². The van der Waals surface area contributed by atoms with Crippen molar-refractivity contribution in [3.63, 3.8) is 0 Å². The lowest BCUT2D eigenvalue weighted by molar-refractivity contribution is -0.134. The van der Waals surface area contributed by atoms with E-state index in [1.165, 1.54) is 15.3 Å². The van der Waals surface area contributed by atoms with Gasteiger partial charge in [0, 0.05) is 29.4 Å². The van der Waals surface area contributed by atoms with Crippen LogP contribution < -0.4 is 0 Å². The van der Waals surface area contributed by atoms with Crippen LogP contribution in [0.3, 0.4) is 0 Å². The SMILES string of the molecule is CN1CCCN(CC(=O)N2CCc3sccc3[C@@H]2c2cccs2)CC1. The molecule has 1 saturated heterocycles. The lowest BCUT2D eigenvalue weighted by Crippen LogP contribution is -2.45. The fourth-order valence-electron chi connectivity index (χ4n) is 3.88. The molecule has 25 heavy (non-hydrogen) atoms. The number of carbonyl (C=O) groups excluding carboxylic acids is 1. The maximum atomic E-state index is 13.2. The van der Waals surface area contributed by atoms with Crippen LogP contribution in [0, 0.1) is 0 Å². The molecule has 2 aliphatic rings. The molecule has 0 unspecified atom stereocenters. The van der Waals surface area contributed by atoms with Crippen LogP contribution in [-0.4, -0.2) is 66.9 Å². The van der Waals surface area contributed by atoms with Crippen molar-refractivity contribution >= 4 is 28.6 Å². The number of fused-ring (bicyclic) bond motifs is 1. The Labute approximate surface area is 157 Å². The molecule has 0 bridgehead atoms. The van der Waals surface area contributed by atoms with E-state index in [1.54, 1.807) is 11.3 Å². The highest BCUT2D eigenvalue weighted by molar-refractivity contribution is 7.10. The predicted octanol–water partition coefficient (Wildman–Crippen LogP) is 2.92. The Morgan fingerprint density at radius 2 is 2.04 bits per heavy atom. The van der Waals surface area contributed by atoms with E-state index < -0.39 is 0 Å². The van der Waals surface area contributed by atoms with Crippen LogP contribution in [0.15, 0.2) is 29.0 Å². The fraction of sp³-hybridized carbons (Fsp3) is 0.526. The molecule has 4 heterocycles. The van der Waals surface area contributed by atoms with Gasteiger partial charge in [0.1, 0.15) is 0 Å².